The van der Waals surface area contributed by atoms with Crippen LogP contribution < -0.4 is 4.90 Å². The van der Waals surface area contributed by atoms with Crippen molar-refractivity contribution in [2.75, 3.05) is 4.90 Å². The molecule has 154 valence electrons. The monoisotopic (exact) mass is 475 g/mol. The zero-order valence-electron chi connectivity index (χ0n) is 16.6. The molecule has 1 atom stereocenters. The minimum absolute atomic E-state index is 0.0224. The summed E-state index contributed by atoms with van der Waals surface area (Å²) in [5.74, 6) is -1.82. The number of carbonyl (C=O) groups is 3. The Kier molecular flexibility index (Phi) is 5.57. The number of ketones is 2. The number of amides is 1. The molecule has 0 aromatic heterocycles. The van der Waals surface area contributed by atoms with Crippen molar-refractivity contribution < 1.29 is 19.5 Å². The van der Waals surface area contributed by atoms with Gasteiger partial charge in [0.2, 0.25) is 0 Å². The molecule has 5 nitrogen and oxygen atoms in total. The van der Waals surface area contributed by atoms with Gasteiger partial charge in [0, 0.05) is 21.3 Å². The van der Waals surface area contributed by atoms with Gasteiger partial charge >= 0.3 is 0 Å². The van der Waals surface area contributed by atoms with Gasteiger partial charge in [0.1, 0.15) is 5.76 Å². The molecule has 1 N–H and O–H groups in total. The number of halogens is 1. The first kappa shape index (κ1) is 20.8. The van der Waals surface area contributed by atoms with E-state index in [4.69, 9.17) is 0 Å². The second kappa shape index (κ2) is 8.32. The summed E-state index contributed by atoms with van der Waals surface area (Å²) in [6, 6.07) is 21.6. The van der Waals surface area contributed by atoms with Crippen LogP contribution in [-0.2, 0) is 9.59 Å². The van der Waals surface area contributed by atoms with Gasteiger partial charge in [-0.3, -0.25) is 19.3 Å². The molecule has 0 radical (unpaired) electrons. The smallest absolute Gasteiger partial charge is 0.300 e. The number of anilines is 1. The summed E-state index contributed by atoms with van der Waals surface area (Å²) in [5, 5.41) is 11.0. The molecule has 1 amide bonds. The van der Waals surface area contributed by atoms with Gasteiger partial charge in [0.15, 0.2) is 5.78 Å². The Labute approximate surface area is 187 Å². The standard InChI is InChI=1S/C25H18BrNO4/c1-15(28)16-9-13-20(14-10-16)27-22(17-7-11-19(26)12-8-17)21(24(30)25(27)31)23(29)18-5-3-2-4-6-18/h2-14,22,29H,1H3. The van der Waals surface area contributed by atoms with Crippen molar-refractivity contribution >= 4 is 44.9 Å². The highest BCUT2D eigenvalue weighted by Gasteiger charge is 2.46. The third kappa shape index (κ3) is 3.82. The van der Waals surface area contributed by atoms with Gasteiger partial charge in [-0.25, -0.2) is 0 Å². The first-order valence-electron chi connectivity index (χ1n) is 9.61. The maximum Gasteiger partial charge on any atom is 0.300 e. The molecule has 1 aliphatic heterocycles. The Hall–Kier alpha value is -3.51. The van der Waals surface area contributed by atoms with Crippen molar-refractivity contribution in [1.29, 1.82) is 0 Å². The van der Waals surface area contributed by atoms with Crippen molar-refractivity contribution in [3.05, 3.63) is 106 Å². The van der Waals surface area contributed by atoms with Crippen molar-refractivity contribution in [1.82, 2.24) is 0 Å². The van der Waals surface area contributed by atoms with Crippen LogP contribution in [0.2, 0.25) is 0 Å². The number of benzene rings is 3. The fraction of sp³-hybridized carbons (Fsp3) is 0.0800. The largest absolute Gasteiger partial charge is 0.507 e. The van der Waals surface area contributed by atoms with Crippen LogP contribution in [0.5, 0.6) is 0 Å². The van der Waals surface area contributed by atoms with Crippen molar-refractivity contribution in [2.45, 2.75) is 13.0 Å². The van der Waals surface area contributed by atoms with Crippen molar-refractivity contribution in [3.63, 3.8) is 0 Å². The maximum absolute atomic E-state index is 13.1. The van der Waals surface area contributed by atoms with Gasteiger partial charge in [0.05, 0.1) is 11.6 Å². The summed E-state index contributed by atoms with van der Waals surface area (Å²) >= 11 is 3.40. The van der Waals surface area contributed by atoms with E-state index in [1.807, 2.05) is 12.1 Å². The second-order valence-corrected chi connectivity index (χ2v) is 8.11. The lowest BCUT2D eigenvalue weighted by molar-refractivity contribution is -0.132. The number of hydrogen-bond donors (Lipinski definition) is 1. The molecule has 6 heteroatoms. The molecular weight excluding hydrogens is 458 g/mol. The Morgan fingerprint density at radius 3 is 2.06 bits per heavy atom. The zero-order valence-corrected chi connectivity index (χ0v) is 18.2. The topological polar surface area (TPSA) is 74.7 Å². The highest BCUT2D eigenvalue weighted by atomic mass is 79.9. The van der Waals surface area contributed by atoms with E-state index in [1.165, 1.54) is 11.8 Å². The normalized spacial score (nSPS) is 17.7. The molecule has 1 saturated heterocycles. The SMILES string of the molecule is CC(=O)c1ccc(N2C(=O)C(=O)C(=C(O)c3ccccc3)C2c2ccc(Br)cc2)cc1. The summed E-state index contributed by atoms with van der Waals surface area (Å²) in [7, 11) is 0. The molecule has 0 bridgehead atoms. The average molecular weight is 476 g/mol. The summed E-state index contributed by atoms with van der Waals surface area (Å²) < 4.78 is 0.849. The molecule has 1 aliphatic rings. The van der Waals surface area contributed by atoms with E-state index in [9.17, 15) is 19.5 Å². The number of aliphatic hydroxyl groups excluding tert-OH is 1. The number of rotatable bonds is 4. The summed E-state index contributed by atoms with van der Waals surface area (Å²) in [6.07, 6.45) is 0. The molecule has 0 spiro atoms. The molecule has 1 fully saturated rings. The minimum Gasteiger partial charge on any atom is -0.507 e. The fourth-order valence-corrected chi connectivity index (χ4v) is 3.93. The van der Waals surface area contributed by atoms with Crippen LogP contribution in [0.15, 0.2) is 88.9 Å². The van der Waals surface area contributed by atoms with E-state index in [2.05, 4.69) is 15.9 Å². The first-order chi connectivity index (χ1) is 14.9. The van der Waals surface area contributed by atoms with Gasteiger partial charge in [-0.05, 0) is 48.9 Å². The van der Waals surface area contributed by atoms with E-state index >= 15 is 0 Å². The number of aliphatic hydroxyl groups is 1. The Bertz CT molecular complexity index is 1200. The highest BCUT2D eigenvalue weighted by Crippen LogP contribution is 2.42. The number of Topliss-reactive ketones (excluding diaryl/α,β-unsaturated/α-hetero) is 2. The quantitative estimate of drug-likeness (QED) is 0.241. The Morgan fingerprint density at radius 1 is 0.871 bits per heavy atom. The molecular formula is C25H18BrNO4. The maximum atomic E-state index is 13.1. The zero-order chi connectivity index (χ0) is 22.1. The fourth-order valence-electron chi connectivity index (χ4n) is 3.67. The van der Waals surface area contributed by atoms with Crippen molar-refractivity contribution in [2.24, 2.45) is 0 Å². The van der Waals surface area contributed by atoms with Gasteiger partial charge in [-0.15, -0.1) is 0 Å². The molecule has 31 heavy (non-hydrogen) atoms. The van der Waals surface area contributed by atoms with Crippen LogP contribution in [0.3, 0.4) is 0 Å². The van der Waals surface area contributed by atoms with Gasteiger partial charge < -0.3 is 5.11 Å². The first-order valence-corrected chi connectivity index (χ1v) is 10.4. The Morgan fingerprint density at radius 2 is 1.48 bits per heavy atom. The van der Waals surface area contributed by atoms with Crippen LogP contribution in [0, 0.1) is 0 Å². The van der Waals surface area contributed by atoms with Gasteiger partial charge in [-0.2, -0.15) is 0 Å². The molecule has 3 aromatic rings. The van der Waals surface area contributed by atoms with E-state index in [0.29, 0.717) is 22.4 Å². The average Bonchev–Trinajstić information content (AvgIpc) is 3.05. The molecule has 0 aliphatic carbocycles. The predicted molar refractivity (Wildman–Crippen MR) is 122 cm³/mol. The lowest BCUT2D eigenvalue weighted by Crippen LogP contribution is -2.29. The van der Waals surface area contributed by atoms with Crippen LogP contribution in [0.25, 0.3) is 5.76 Å². The second-order valence-electron chi connectivity index (χ2n) is 7.19. The van der Waals surface area contributed by atoms with Crippen LogP contribution in [0.4, 0.5) is 5.69 Å². The highest BCUT2D eigenvalue weighted by molar-refractivity contribution is 9.10. The van der Waals surface area contributed by atoms with Crippen LogP contribution >= 0.6 is 15.9 Å². The predicted octanol–water partition coefficient (Wildman–Crippen LogP) is 5.28. The summed E-state index contributed by atoms with van der Waals surface area (Å²) in [6.45, 7) is 1.46. The summed E-state index contributed by atoms with van der Waals surface area (Å²) in [5.41, 5.74) is 2.12. The lowest BCUT2D eigenvalue weighted by atomic mass is 9.95. The van der Waals surface area contributed by atoms with Crippen LogP contribution in [-0.4, -0.2) is 22.6 Å². The third-order valence-corrected chi connectivity index (χ3v) is 5.76. The van der Waals surface area contributed by atoms with Crippen LogP contribution in [0.1, 0.15) is 34.5 Å². The molecule has 3 aromatic carbocycles. The van der Waals surface area contributed by atoms with E-state index in [1.54, 1.807) is 66.7 Å². The van der Waals surface area contributed by atoms with Crippen molar-refractivity contribution in [3.8, 4) is 0 Å². The van der Waals surface area contributed by atoms with E-state index < -0.39 is 17.7 Å². The minimum atomic E-state index is -0.809. The lowest BCUT2D eigenvalue weighted by Gasteiger charge is -2.25. The van der Waals surface area contributed by atoms with Gasteiger partial charge in [-0.1, -0.05) is 58.4 Å². The number of carbonyl (C=O) groups excluding carboxylic acids is 3. The molecule has 1 heterocycles. The van der Waals surface area contributed by atoms with E-state index in [0.717, 1.165) is 4.47 Å². The number of hydrogen-bond acceptors (Lipinski definition) is 4. The third-order valence-electron chi connectivity index (χ3n) is 5.23. The van der Waals surface area contributed by atoms with E-state index in [-0.39, 0.29) is 17.1 Å². The molecule has 1 unspecified atom stereocenters. The number of nitrogens with zero attached hydrogens (tertiary/aromatic N) is 1. The molecule has 0 saturated carbocycles. The molecule has 4 rings (SSSR count). The Balaban J connectivity index is 1.91. The summed E-state index contributed by atoms with van der Waals surface area (Å²) in [4.78, 5) is 39.1. The van der Waals surface area contributed by atoms with Gasteiger partial charge in [0.25, 0.3) is 11.7 Å².